The summed E-state index contributed by atoms with van der Waals surface area (Å²) >= 11 is 0. The van der Waals surface area contributed by atoms with Gasteiger partial charge in [0.15, 0.2) is 0 Å². The smallest absolute Gasteiger partial charge is 0.231 e. The predicted molar refractivity (Wildman–Crippen MR) is 74.8 cm³/mol. The molecule has 1 aliphatic rings. The maximum atomic E-state index is 4.31. The van der Waals surface area contributed by atoms with Crippen molar-refractivity contribution in [2.75, 3.05) is 36.7 Å². The summed E-state index contributed by atoms with van der Waals surface area (Å²) in [4.78, 5) is 14.7. The Bertz CT molecular complexity index is 355. The molecule has 0 unspecified atom stereocenters. The van der Waals surface area contributed by atoms with Gasteiger partial charge < -0.3 is 15.5 Å². The molecule has 0 saturated heterocycles. The number of anilines is 3. The first-order chi connectivity index (χ1) is 7.19. The predicted octanol–water partition coefficient (Wildman–Crippen LogP) is 1.40. The van der Waals surface area contributed by atoms with E-state index in [1.54, 1.807) is 7.05 Å². The van der Waals surface area contributed by atoms with Gasteiger partial charge in [0.05, 0.1) is 0 Å². The van der Waals surface area contributed by atoms with Gasteiger partial charge in [-0.15, -0.1) is 24.8 Å². The van der Waals surface area contributed by atoms with Gasteiger partial charge in [0.1, 0.15) is 0 Å². The summed E-state index contributed by atoms with van der Waals surface area (Å²) in [5.74, 6) is 1.91. The maximum Gasteiger partial charge on any atom is 0.231 e. The largest absolute Gasteiger partial charge is 0.357 e. The zero-order valence-corrected chi connectivity index (χ0v) is 11.7. The summed E-state index contributed by atoms with van der Waals surface area (Å²) in [5, 5.41) is 6.18. The molecule has 2 rings (SSSR count). The number of nitrogens with zero attached hydrogens (tertiary/aromatic N) is 4. The third-order valence-electron chi connectivity index (χ3n) is 2.16. The molecule has 8 heteroatoms. The molecule has 0 aliphatic heterocycles. The van der Waals surface area contributed by atoms with Crippen LogP contribution in [-0.2, 0) is 0 Å². The van der Waals surface area contributed by atoms with Crippen LogP contribution >= 0.6 is 24.8 Å². The van der Waals surface area contributed by atoms with Crippen molar-refractivity contribution in [3.63, 3.8) is 0 Å². The number of hydrogen-bond acceptors (Lipinski definition) is 6. The van der Waals surface area contributed by atoms with Gasteiger partial charge in [0, 0.05) is 27.2 Å². The lowest BCUT2D eigenvalue weighted by atomic mass is 10.6. The Labute approximate surface area is 113 Å². The van der Waals surface area contributed by atoms with Crippen molar-refractivity contribution in [2.45, 2.75) is 18.9 Å². The lowest BCUT2D eigenvalue weighted by Crippen LogP contribution is -2.17. The normalized spacial score (nSPS) is 13.1. The zero-order chi connectivity index (χ0) is 10.8. The summed E-state index contributed by atoms with van der Waals surface area (Å²) < 4.78 is 0. The molecule has 1 aromatic heterocycles. The van der Waals surface area contributed by atoms with Gasteiger partial charge in [0.2, 0.25) is 17.8 Å². The fraction of sp³-hybridized carbons (Fsp3) is 0.667. The molecule has 1 heterocycles. The van der Waals surface area contributed by atoms with Gasteiger partial charge in [0.25, 0.3) is 0 Å². The number of rotatable bonds is 4. The Kier molecular flexibility index (Phi) is 6.26. The highest BCUT2D eigenvalue weighted by atomic mass is 35.5. The zero-order valence-electron chi connectivity index (χ0n) is 10.1. The van der Waals surface area contributed by atoms with Gasteiger partial charge in [-0.2, -0.15) is 15.0 Å². The molecule has 0 radical (unpaired) electrons. The summed E-state index contributed by atoms with van der Waals surface area (Å²) in [7, 11) is 5.63. The van der Waals surface area contributed by atoms with Crippen LogP contribution in [0.4, 0.5) is 17.8 Å². The number of nitrogens with one attached hydrogen (secondary N) is 2. The van der Waals surface area contributed by atoms with Gasteiger partial charge >= 0.3 is 0 Å². The fourth-order valence-electron chi connectivity index (χ4n) is 1.15. The first-order valence-electron chi connectivity index (χ1n) is 5.06. The Hall–Kier alpha value is -1.01. The van der Waals surface area contributed by atoms with Gasteiger partial charge in [-0.25, -0.2) is 0 Å². The summed E-state index contributed by atoms with van der Waals surface area (Å²) in [6.45, 7) is 0. The van der Waals surface area contributed by atoms with Crippen LogP contribution in [0, 0.1) is 0 Å². The second kappa shape index (κ2) is 6.66. The summed E-state index contributed by atoms with van der Waals surface area (Å²) in [5.41, 5.74) is 0. The first kappa shape index (κ1) is 16.0. The minimum atomic E-state index is 0. The van der Waals surface area contributed by atoms with E-state index in [-0.39, 0.29) is 24.8 Å². The van der Waals surface area contributed by atoms with Crippen molar-refractivity contribution < 1.29 is 0 Å². The molecule has 0 amide bonds. The van der Waals surface area contributed by atoms with Gasteiger partial charge in [-0.3, -0.25) is 0 Å². The SMILES string of the molecule is CNc1nc(NC2CC2)nc(N(C)C)n1.Cl.Cl. The second-order valence-corrected chi connectivity index (χ2v) is 3.85. The Balaban J connectivity index is 0.00000128. The minimum Gasteiger partial charge on any atom is -0.357 e. The van der Waals surface area contributed by atoms with Crippen LogP contribution in [0.1, 0.15) is 12.8 Å². The molecule has 1 aromatic rings. The monoisotopic (exact) mass is 280 g/mol. The molecule has 17 heavy (non-hydrogen) atoms. The van der Waals surface area contributed by atoms with Crippen molar-refractivity contribution in [1.29, 1.82) is 0 Å². The summed E-state index contributed by atoms with van der Waals surface area (Å²) in [6, 6.07) is 0.548. The van der Waals surface area contributed by atoms with Crippen LogP contribution in [0.15, 0.2) is 0 Å². The third-order valence-corrected chi connectivity index (χ3v) is 2.16. The average Bonchev–Trinajstić information content (AvgIpc) is 3.01. The van der Waals surface area contributed by atoms with E-state index in [1.165, 1.54) is 12.8 Å². The molecule has 6 nitrogen and oxygen atoms in total. The van der Waals surface area contributed by atoms with E-state index in [1.807, 2.05) is 19.0 Å². The van der Waals surface area contributed by atoms with Crippen molar-refractivity contribution in [2.24, 2.45) is 0 Å². The van der Waals surface area contributed by atoms with E-state index in [0.717, 1.165) is 0 Å². The van der Waals surface area contributed by atoms with Crippen LogP contribution in [0.5, 0.6) is 0 Å². The quantitative estimate of drug-likeness (QED) is 0.869. The molecule has 1 fully saturated rings. The Morgan fingerprint density at radius 2 is 1.65 bits per heavy atom. The number of hydrogen-bond donors (Lipinski definition) is 2. The Morgan fingerprint density at radius 1 is 1.06 bits per heavy atom. The molecule has 0 aromatic carbocycles. The lowest BCUT2D eigenvalue weighted by Gasteiger charge is -2.12. The van der Waals surface area contributed by atoms with Crippen molar-refractivity contribution in [3.05, 3.63) is 0 Å². The lowest BCUT2D eigenvalue weighted by molar-refractivity contribution is 0.943. The van der Waals surface area contributed by atoms with Crippen molar-refractivity contribution in [1.82, 2.24) is 15.0 Å². The van der Waals surface area contributed by atoms with Gasteiger partial charge in [-0.1, -0.05) is 0 Å². The molecule has 0 bridgehead atoms. The van der Waals surface area contributed by atoms with E-state index in [4.69, 9.17) is 0 Å². The van der Waals surface area contributed by atoms with E-state index in [9.17, 15) is 0 Å². The Morgan fingerprint density at radius 3 is 2.12 bits per heavy atom. The van der Waals surface area contributed by atoms with E-state index in [2.05, 4.69) is 25.6 Å². The molecule has 0 spiro atoms. The molecule has 0 atom stereocenters. The summed E-state index contributed by atoms with van der Waals surface area (Å²) in [6.07, 6.45) is 2.41. The van der Waals surface area contributed by atoms with Crippen LogP contribution in [0.25, 0.3) is 0 Å². The number of halogens is 2. The highest BCUT2D eigenvalue weighted by Crippen LogP contribution is 2.23. The van der Waals surface area contributed by atoms with E-state index in [0.29, 0.717) is 23.9 Å². The number of aromatic nitrogens is 3. The van der Waals surface area contributed by atoms with Crippen LogP contribution < -0.4 is 15.5 Å². The van der Waals surface area contributed by atoms with Crippen LogP contribution in [0.3, 0.4) is 0 Å². The first-order valence-corrected chi connectivity index (χ1v) is 5.06. The molecule has 1 aliphatic carbocycles. The van der Waals surface area contributed by atoms with Crippen molar-refractivity contribution in [3.8, 4) is 0 Å². The second-order valence-electron chi connectivity index (χ2n) is 3.85. The van der Waals surface area contributed by atoms with Crippen LogP contribution in [0.2, 0.25) is 0 Å². The molecular weight excluding hydrogens is 263 g/mol. The standard InChI is InChI=1S/C9H16N6.2ClH/c1-10-7-12-8(11-6-4-5-6)14-9(13-7)15(2)3;;/h6H,4-5H2,1-3H3,(H2,10,11,12,13,14);2*1H. The van der Waals surface area contributed by atoms with Crippen molar-refractivity contribution >= 4 is 42.7 Å². The molecular formula is C9H18Cl2N6. The third kappa shape index (κ3) is 4.40. The highest BCUT2D eigenvalue weighted by Gasteiger charge is 2.22. The highest BCUT2D eigenvalue weighted by molar-refractivity contribution is 5.85. The fourth-order valence-corrected chi connectivity index (χ4v) is 1.15. The molecule has 98 valence electrons. The molecule has 1 saturated carbocycles. The van der Waals surface area contributed by atoms with Crippen LogP contribution in [-0.4, -0.2) is 42.1 Å². The topological polar surface area (TPSA) is 66.0 Å². The minimum absolute atomic E-state index is 0. The van der Waals surface area contributed by atoms with E-state index < -0.39 is 0 Å². The molecule has 2 N–H and O–H groups in total. The average molecular weight is 281 g/mol. The van der Waals surface area contributed by atoms with E-state index >= 15 is 0 Å². The van der Waals surface area contributed by atoms with Gasteiger partial charge in [-0.05, 0) is 12.8 Å². The maximum absolute atomic E-state index is 4.31.